The van der Waals surface area contributed by atoms with Crippen molar-refractivity contribution in [3.05, 3.63) is 22.7 Å². The van der Waals surface area contributed by atoms with E-state index < -0.39 is 0 Å². The molecule has 1 aromatic heterocycles. The highest BCUT2D eigenvalue weighted by molar-refractivity contribution is 9.10. The molecule has 6 heteroatoms. The molecule has 3 N–H and O–H groups in total. The third kappa shape index (κ3) is 1.77. The summed E-state index contributed by atoms with van der Waals surface area (Å²) >= 11 is 3.40. The van der Waals surface area contributed by atoms with Crippen LogP contribution in [0, 0.1) is 0 Å². The van der Waals surface area contributed by atoms with Gasteiger partial charge < -0.3 is 11.1 Å². The topological polar surface area (TPSA) is 72.9 Å². The number of nitrogens with one attached hydrogen (secondary N) is 1. The summed E-state index contributed by atoms with van der Waals surface area (Å²) in [6, 6.07) is 5.53. The predicted molar refractivity (Wildman–Crippen MR) is 73.1 cm³/mol. The van der Waals surface area contributed by atoms with Crippen LogP contribution in [-0.2, 0) is 4.79 Å². The highest BCUT2D eigenvalue weighted by Gasteiger charge is 2.26. The van der Waals surface area contributed by atoms with Crippen molar-refractivity contribution in [3.8, 4) is 0 Å². The lowest BCUT2D eigenvalue weighted by atomic mass is 10.1. The van der Waals surface area contributed by atoms with E-state index in [2.05, 4.69) is 26.2 Å². The van der Waals surface area contributed by atoms with Gasteiger partial charge in [-0.2, -0.15) is 0 Å². The van der Waals surface area contributed by atoms with Gasteiger partial charge in [0.05, 0.1) is 11.0 Å². The van der Waals surface area contributed by atoms with E-state index in [4.69, 9.17) is 5.73 Å². The molecule has 1 atom stereocenters. The Labute approximate surface area is 112 Å². The number of fused-ring (bicyclic) bond motifs is 1. The number of carbonyl (C=O) groups is 1. The number of hydrogen-bond acceptors (Lipinski definition) is 3. The van der Waals surface area contributed by atoms with Crippen molar-refractivity contribution in [3.63, 3.8) is 0 Å². The molecule has 2 heterocycles. The highest BCUT2D eigenvalue weighted by atomic mass is 79.9. The molecule has 1 aromatic carbocycles. The molecule has 0 radical (unpaired) electrons. The zero-order valence-electron chi connectivity index (χ0n) is 9.69. The highest BCUT2D eigenvalue weighted by Crippen LogP contribution is 2.28. The van der Waals surface area contributed by atoms with Crippen molar-refractivity contribution in [2.45, 2.75) is 18.9 Å². The van der Waals surface area contributed by atoms with Crippen LogP contribution >= 0.6 is 15.9 Å². The first-order chi connectivity index (χ1) is 8.66. The lowest BCUT2D eigenvalue weighted by Crippen LogP contribution is -2.38. The molecule has 0 aliphatic carbocycles. The first-order valence-corrected chi connectivity index (χ1v) is 6.67. The third-order valence-electron chi connectivity index (χ3n) is 3.25. The molecular formula is C12H13BrN4O. The molecule has 1 amide bonds. The molecule has 1 fully saturated rings. The van der Waals surface area contributed by atoms with E-state index in [1.807, 2.05) is 22.8 Å². The maximum absolute atomic E-state index is 11.9. The molecule has 0 saturated carbocycles. The van der Waals surface area contributed by atoms with Gasteiger partial charge in [0.25, 0.3) is 0 Å². The third-order valence-corrected chi connectivity index (χ3v) is 3.74. The maximum Gasteiger partial charge on any atom is 0.243 e. The largest absolute Gasteiger partial charge is 0.369 e. The fourth-order valence-electron chi connectivity index (χ4n) is 2.42. The lowest BCUT2D eigenvalue weighted by Gasteiger charge is -2.24. The Bertz CT molecular complexity index is 622. The minimum Gasteiger partial charge on any atom is -0.369 e. The van der Waals surface area contributed by atoms with E-state index in [1.165, 1.54) is 0 Å². The van der Waals surface area contributed by atoms with Gasteiger partial charge in [0.15, 0.2) is 0 Å². The number of halogens is 1. The fraction of sp³-hybridized carbons (Fsp3) is 0.333. The molecule has 2 aromatic rings. The van der Waals surface area contributed by atoms with Gasteiger partial charge in [-0.15, -0.1) is 0 Å². The Kier molecular flexibility index (Phi) is 2.74. The van der Waals surface area contributed by atoms with Crippen molar-refractivity contribution in [2.75, 3.05) is 12.3 Å². The summed E-state index contributed by atoms with van der Waals surface area (Å²) in [4.78, 5) is 16.2. The normalized spacial score (nSPS) is 20.1. The van der Waals surface area contributed by atoms with Crippen molar-refractivity contribution in [1.82, 2.24) is 14.9 Å². The second-order valence-corrected chi connectivity index (χ2v) is 5.34. The Morgan fingerprint density at radius 1 is 1.50 bits per heavy atom. The monoisotopic (exact) mass is 308 g/mol. The molecule has 0 bridgehead atoms. The molecule has 3 rings (SSSR count). The number of carbonyl (C=O) groups excluding carboxylic acids is 1. The number of imidazole rings is 1. The van der Waals surface area contributed by atoms with Crippen LogP contribution in [0.1, 0.15) is 18.9 Å². The summed E-state index contributed by atoms with van der Waals surface area (Å²) in [5.41, 5.74) is 7.66. The van der Waals surface area contributed by atoms with E-state index in [9.17, 15) is 4.79 Å². The molecule has 5 nitrogen and oxygen atoms in total. The minimum absolute atomic E-state index is 0.0233. The van der Waals surface area contributed by atoms with Crippen LogP contribution in [0.15, 0.2) is 22.7 Å². The molecule has 0 spiro atoms. The first-order valence-electron chi connectivity index (χ1n) is 5.87. The molecule has 1 aliphatic rings. The van der Waals surface area contributed by atoms with Gasteiger partial charge in [0.2, 0.25) is 11.9 Å². The Hall–Kier alpha value is -1.56. The smallest absolute Gasteiger partial charge is 0.243 e. The van der Waals surface area contributed by atoms with Crippen LogP contribution in [0.2, 0.25) is 0 Å². The van der Waals surface area contributed by atoms with Crippen LogP contribution < -0.4 is 11.1 Å². The van der Waals surface area contributed by atoms with E-state index in [1.54, 1.807) is 0 Å². The average Bonchev–Trinajstić information content (AvgIpc) is 2.65. The quantitative estimate of drug-likeness (QED) is 0.844. The predicted octanol–water partition coefficient (Wildman–Crippen LogP) is 1.83. The standard InChI is InChI=1S/C12H13BrN4O/c13-7-3-4-9-8(6-7)16-12(14)17(9)10-2-1-5-15-11(10)18/h3-4,6,10H,1-2,5H2,(H2,14,16)(H,15,18). The van der Waals surface area contributed by atoms with Crippen molar-refractivity contribution in [1.29, 1.82) is 0 Å². The first kappa shape index (κ1) is 11.5. The molecule has 1 aliphatic heterocycles. The van der Waals surface area contributed by atoms with Gasteiger partial charge in [0.1, 0.15) is 6.04 Å². The number of benzene rings is 1. The summed E-state index contributed by atoms with van der Waals surface area (Å²) in [5, 5.41) is 2.87. The molecule has 94 valence electrons. The Morgan fingerprint density at radius 2 is 2.33 bits per heavy atom. The number of hydrogen-bond donors (Lipinski definition) is 2. The lowest BCUT2D eigenvalue weighted by molar-refractivity contribution is -0.125. The van der Waals surface area contributed by atoms with E-state index in [0.717, 1.165) is 34.9 Å². The Balaban J connectivity index is 2.15. The van der Waals surface area contributed by atoms with Gasteiger partial charge in [-0.3, -0.25) is 9.36 Å². The van der Waals surface area contributed by atoms with Crippen molar-refractivity contribution in [2.24, 2.45) is 0 Å². The summed E-state index contributed by atoms with van der Waals surface area (Å²) in [7, 11) is 0. The zero-order valence-corrected chi connectivity index (χ0v) is 11.3. The number of nitrogen functional groups attached to an aromatic ring is 1. The number of amides is 1. The minimum atomic E-state index is -0.245. The second-order valence-electron chi connectivity index (χ2n) is 4.42. The van der Waals surface area contributed by atoms with Gasteiger partial charge in [-0.05, 0) is 31.0 Å². The summed E-state index contributed by atoms with van der Waals surface area (Å²) in [6.45, 7) is 0.743. The van der Waals surface area contributed by atoms with Gasteiger partial charge in [0, 0.05) is 11.0 Å². The van der Waals surface area contributed by atoms with Crippen LogP contribution in [0.25, 0.3) is 11.0 Å². The van der Waals surface area contributed by atoms with Crippen LogP contribution in [0.4, 0.5) is 5.95 Å². The fourth-order valence-corrected chi connectivity index (χ4v) is 2.77. The molecular weight excluding hydrogens is 296 g/mol. The summed E-state index contributed by atoms with van der Waals surface area (Å²) in [5.74, 6) is 0.417. The van der Waals surface area contributed by atoms with Crippen LogP contribution in [0.5, 0.6) is 0 Å². The number of piperidine rings is 1. The summed E-state index contributed by atoms with van der Waals surface area (Å²) < 4.78 is 2.78. The number of anilines is 1. The number of nitrogens with two attached hydrogens (primary N) is 1. The molecule has 18 heavy (non-hydrogen) atoms. The van der Waals surface area contributed by atoms with Crippen LogP contribution in [-0.4, -0.2) is 22.0 Å². The second kappa shape index (κ2) is 4.28. The van der Waals surface area contributed by atoms with Crippen LogP contribution in [0.3, 0.4) is 0 Å². The van der Waals surface area contributed by atoms with Crippen molar-refractivity contribution < 1.29 is 4.79 Å². The molecule has 1 unspecified atom stereocenters. The zero-order chi connectivity index (χ0) is 12.7. The Morgan fingerprint density at radius 3 is 3.11 bits per heavy atom. The van der Waals surface area contributed by atoms with E-state index >= 15 is 0 Å². The SMILES string of the molecule is Nc1nc2cc(Br)ccc2n1C1CCCNC1=O. The maximum atomic E-state index is 11.9. The van der Waals surface area contributed by atoms with E-state index in [-0.39, 0.29) is 11.9 Å². The summed E-state index contributed by atoms with van der Waals surface area (Å²) in [6.07, 6.45) is 1.77. The average molecular weight is 309 g/mol. The van der Waals surface area contributed by atoms with E-state index in [0.29, 0.717) is 5.95 Å². The molecule has 1 saturated heterocycles. The van der Waals surface area contributed by atoms with Crippen molar-refractivity contribution >= 4 is 38.8 Å². The van der Waals surface area contributed by atoms with Gasteiger partial charge in [-0.25, -0.2) is 4.98 Å². The van der Waals surface area contributed by atoms with Gasteiger partial charge >= 0.3 is 0 Å². The number of rotatable bonds is 1. The number of nitrogens with zero attached hydrogens (tertiary/aromatic N) is 2. The van der Waals surface area contributed by atoms with Gasteiger partial charge in [-0.1, -0.05) is 15.9 Å². The number of aromatic nitrogens is 2.